The molecule has 1 aromatic carbocycles. The molecule has 1 aliphatic heterocycles. The molecule has 6 nitrogen and oxygen atoms in total. The largest absolute Gasteiger partial charge is 0.497 e. The number of carbonyl (C=O) groups excluding carboxylic acids is 1. The zero-order valence-corrected chi connectivity index (χ0v) is 20.5. The maximum atomic E-state index is 12.9. The number of benzene rings is 1. The van der Waals surface area contributed by atoms with E-state index < -0.39 is 10.0 Å². The first-order valence-electron chi connectivity index (χ1n) is 11.3. The van der Waals surface area contributed by atoms with E-state index in [4.69, 9.17) is 4.74 Å². The lowest BCUT2D eigenvalue weighted by molar-refractivity contribution is 0.0165. The minimum absolute atomic E-state index is 0. The number of rotatable bonds is 9. The van der Waals surface area contributed by atoms with E-state index in [9.17, 15) is 13.2 Å². The number of Topliss-reactive ketones (excluding diaryl/α,β-unsaturated/α-hetero) is 1. The van der Waals surface area contributed by atoms with Gasteiger partial charge in [-0.2, -0.15) is 4.31 Å². The van der Waals surface area contributed by atoms with Gasteiger partial charge in [0, 0.05) is 43.7 Å². The van der Waals surface area contributed by atoms with Gasteiger partial charge >= 0.3 is 0 Å². The van der Waals surface area contributed by atoms with Gasteiger partial charge in [-0.25, -0.2) is 8.42 Å². The molecule has 31 heavy (non-hydrogen) atoms. The summed E-state index contributed by atoms with van der Waals surface area (Å²) in [6, 6.07) is 7.38. The Morgan fingerprint density at radius 2 is 1.77 bits per heavy atom. The van der Waals surface area contributed by atoms with E-state index in [2.05, 4.69) is 4.90 Å². The zero-order chi connectivity index (χ0) is 21.6. The predicted molar refractivity (Wildman–Crippen MR) is 127 cm³/mol. The molecule has 1 aliphatic carbocycles. The Morgan fingerprint density at radius 3 is 2.39 bits per heavy atom. The summed E-state index contributed by atoms with van der Waals surface area (Å²) < 4.78 is 31.8. The fourth-order valence-electron chi connectivity index (χ4n) is 5.05. The number of ketones is 1. The lowest BCUT2D eigenvalue weighted by Gasteiger charge is -2.50. The topological polar surface area (TPSA) is 66.9 Å². The minimum atomic E-state index is -3.14. The highest BCUT2D eigenvalue weighted by Gasteiger charge is 2.40. The first kappa shape index (κ1) is 26.1. The number of ether oxygens (including phenoxy) is 1. The molecule has 176 valence electrons. The SMILES string of the molecule is CCCS(=O)(=O)N1CCN(C2(CCC(=O)c3cccc(OC)c3)CCCCC2)CC1.Cl. The first-order valence-corrected chi connectivity index (χ1v) is 12.9. The average molecular weight is 473 g/mol. The van der Waals surface area contributed by atoms with Gasteiger partial charge in [0.25, 0.3) is 0 Å². The summed E-state index contributed by atoms with van der Waals surface area (Å²) in [5.74, 6) is 1.09. The van der Waals surface area contributed by atoms with E-state index in [1.807, 2.05) is 31.2 Å². The summed E-state index contributed by atoms with van der Waals surface area (Å²) in [6.07, 6.45) is 7.81. The predicted octanol–water partition coefficient (Wildman–Crippen LogP) is 4.14. The monoisotopic (exact) mass is 472 g/mol. The summed E-state index contributed by atoms with van der Waals surface area (Å²) in [5.41, 5.74) is 0.726. The third kappa shape index (κ3) is 6.44. The Morgan fingerprint density at radius 1 is 1.10 bits per heavy atom. The number of piperazine rings is 1. The molecule has 1 saturated heterocycles. The second kappa shape index (κ2) is 11.6. The number of hydrogen-bond donors (Lipinski definition) is 0. The first-order chi connectivity index (χ1) is 14.4. The van der Waals surface area contributed by atoms with Crippen LogP contribution in [0.15, 0.2) is 24.3 Å². The molecule has 0 N–H and O–H groups in total. The number of halogens is 1. The van der Waals surface area contributed by atoms with Crippen LogP contribution in [0, 0.1) is 0 Å². The van der Waals surface area contributed by atoms with Gasteiger partial charge in [-0.1, -0.05) is 38.3 Å². The van der Waals surface area contributed by atoms with Crippen LogP contribution in [0.5, 0.6) is 5.75 Å². The number of carbonyl (C=O) groups is 1. The van der Waals surface area contributed by atoms with Gasteiger partial charge in [0.15, 0.2) is 5.78 Å². The van der Waals surface area contributed by atoms with Crippen molar-refractivity contribution < 1.29 is 17.9 Å². The van der Waals surface area contributed by atoms with Crippen LogP contribution in [-0.4, -0.2) is 68.0 Å². The van der Waals surface area contributed by atoms with Crippen molar-refractivity contribution in [3.8, 4) is 5.75 Å². The van der Waals surface area contributed by atoms with Gasteiger partial charge in [-0.05, 0) is 37.8 Å². The van der Waals surface area contributed by atoms with E-state index in [0.717, 1.165) is 32.4 Å². The molecule has 1 saturated carbocycles. The number of nitrogens with zero attached hydrogens (tertiary/aromatic N) is 2. The van der Waals surface area contributed by atoms with Crippen LogP contribution in [0.2, 0.25) is 0 Å². The molecule has 0 unspecified atom stereocenters. The lowest BCUT2D eigenvalue weighted by Crippen LogP contribution is -2.58. The molecule has 1 heterocycles. The summed E-state index contributed by atoms with van der Waals surface area (Å²) in [4.78, 5) is 15.4. The highest BCUT2D eigenvalue weighted by molar-refractivity contribution is 7.89. The molecule has 0 spiro atoms. The average Bonchev–Trinajstić information content (AvgIpc) is 2.78. The van der Waals surface area contributed by atoms with Crippen molar-refractivity contribution in [2.45, 2.75) is 63.8 Å². The summed E-state index contributed by atoms with van der Waals surface area (Å²) >= 11 is 0. The Bertz CT molecular complexity index is 817. The van der Waals surface area contributed by atoms with Crippen LogP contribution >= 0.6 is 12.4 Å². The second-order valence-electron chi connectivity index (χ2n) is 8.64. The van der Waals surface area contributed by atoms with Crippen LogP contribution in [0.4, 0.5) is 0 Å². The quantitative estimate of drug-likeness (QED) is 0.505. The molecule has 2 fully saturated rings. The van der Waals surface area contributed by atoms with E-state index in [1.54, 1.807) is 11.4 Å². The number of sulfonamides is 1. The molecule has 1 aromatic rings. The van der Waals surface area contributed by atoms with Crippen molar-refractivity contribution in [2.24, 2.45) is 0 Å². The van der Waals surface area contributed by atoms with Crippen LogP contribution < -0.4 is 4.74 Å². The number of methoxy groups -OCH3 is 1. The summed E-state index contributed by atoms with van der Waals surface area (Å²) in [5, 5.41) is 0. The van der Waals surface area contributed by atoms with Gasteiger partial charge in [0.2, 0.25) is 10.0 Å². The molecular formula is C23H37ClN2O4S. The maximum Gasteiger partial charge on any atom is 0.214 e. The highest BCUT2D eigenvalue weighted by Crippen LogP contribution is 2.38. The minimum Gasteiger partial charge on any atom is -0.497 e. The van der Waals surface area contributed by atoms with E-state index >= 15 is 0 Å². The van der Waals surface area contributed by atoms with E-state index in [0.29, 0.717) is 37.2 Å². The lowest BCUT2D eigenvalue weighted by atomic mass is 9.76. The van der Waals surface area contributed by atoms with Crippen molar-refractivity contribution in [1.82, 2.24) is 9.21 Å². The smallest absolute Gasteiger partial charge is 0.214 e. The molecule has 0 amide bonds. The van der Waals surface area contributed by atoms with Gasteiger partial charge < -0.3 is 4.74 Å². The fourth-order valence-corrected chi connectivity index (χ4v) is 6.54. The number of hydrogen-bond acceptors (Lipinski definition) is 5. The van der Waals surface area contributed by atoms with Gasteiger partial charge in [-0.15, -0.1) is 12.4 Å². The normalized spacial score (nSPS) is 20.1. The van der Waals surface area contributed by atoms with Gasteiger partial charge in [0.05, 0.1) is 12.9 Å². The molecule has 0 aromatic heterocycles. The Balaban J connectivity index is 0.00000341. The fraction of sp³-hybridized carbons (Fsp3) is 0.696. The van der Waals surface area contributed by atoms with E-state index in [1.165, 1.54) is 19.3 Å². The summed E-state index contributed by atoms with van der Waals surface area (Å²) in [7, 11) is -1.52. The Kier molecular flexibility index (Phi) is 9.80. The maximum absolute atomic E-state index is 12.9. The second-order valence-corrected chi connectivity index (χ2v) is 10.7. The molecule has 0 atom stereocenters. The van der Waals surface area contributed by atoms with Crippen molar-refractivity contribution in [3.05, 3.63) is 29.8 Å². The van der Waals surface area contributed by atoms with Crippen molar-refractivity contribution in [3.63, 3.8) is 0 Å². The zero-order valence-electron chi connectivity index (χ0n) is 18.8. The Labute approximate surface area is 193 Å². The molecule has 0 bridgehead atoms. The van der Waals surface area contributed by atoms with Gasteiger partial charge in [-0.3, -0.25) is 9.69 Å². The van der Waals surface area contributed by atoms with Crippen molar-refractivity contribution >= 4 is 28.2 Å². The third-order valence-electron chi connectivity index (χ3n) is 6.76. The Hall–Kier alpha value is -1.15. The van der Waals surface area contributed by atoms with Crippen molar-refractivity contribution in [2.75, 3.05) is 39.0 Å². The van der Waals surface area contributed by atoms with Crippen LogP contribution in [-0.2, 0) is 10.0 Å². The molecule has 2 aliphatic rings. The molecular weight excluding hydrogens is 436 g/mol. The van der Waals surface area contributed by atoms with E-state index in [-0.39, 0.29) is 29.5 Å². The van der Waals surface area contributed by atoms with Crippen molar-refractivity contribution in [1.29, 1.82) is 0 Å². The summed E-state index contributed by atoms with van der Waals surface area (Å²) in [6.45, 7) is 4.55. The van der Waals surface area contributed by atoms with Crippen LogP contribution in [0.1, 0.15) is 68.6 Å². The van der Waals surface area contributed by atoms with Gasteiger partial charge in [0.1, 0.15) is 5.75 Å². The van der Waals surface area contributed by atoms with Crippen LogP contribution in [0.3, 0.4) is 0 Å². The standard InChI is InChI=1S/C23H36N2O4S.ClH/c1-3-18-30(27,28)25-16-14-24(15-17-25)23(11-5-4-6-12-23)13-10-22(26)20-8-7-9-21(19-20)29-2;/h7-9,19H,3-6,10-18H2,1-2H3;1H. The molecule has 0 radical (unpaired) electrons. The van der Waals surface area contributed by atoms with Crippen LogP contribution in [0.25, 0.3) is 0 Å². The molecule has 3 rings (SSSR count). The third-order valence-corrected chi connectivity index (χ3v) is 8.83. The molecule has 8 heteroatoms. The highest BCUT2D eigenvalue weighted by atomic mass is 35.5.